The van der Waals surface area contributed by atoms with Crippen molar-refractivity contribution < 1.29 is 14.4 Å². The third-order valence-corrected chi connectivity index (χ3v) is 5.46. The summed E-state index contributed by atoms with van der Waals surface area (Å²) in [5.74, 6) is 0.456. The van der Waals surface area contributed by atoms with Crippen LogP contribution in [0.1, 0.15) is 122 Å². The van der Waals surface area contributed by atoms with Crippen LogP contribution in [-0.4, -0.2) is 47.2 Å². The third-order valence-electron chi connectivity index (χ3n) is 5.46. The van der Waals surface area contributed by atoms with E-state index in [4.69, 9.17) is 0 Å². The van der Waals surface area contributed by atoms with Crippen LogP contribution in [0.2, 0.25) is 0 Å². The lowest BCUT2D eigenvalue weighted by atomic mass is 9.83. The van der Waals surface area contributed by atoms with Crippen molar-refractivity contribution in [1.29, 1.82) is 0 Å². The van der Waals surface area contributed by atoms with E-state index >= 15 is 0 Å². The molecule has 2 atom stereocenters. The van der Waals surface area contributed by atoms with Crippen LogP contribution in [0.25, 0.3) is 0 Å². The van der Waals surface area contributed by atoms with Gasteiger partial charge in [-0.05, 0) is 67.2 Å². The van der Waals surface area contributed by atoms with Crippen LogP contribution < -0.4 is 16.0 Å². The van der Waals surface area contributed by atoms with Crippen molar-refractivity contribution in [2.75, 3.05) is 6.54 Å². The van der Waals surface area contributed by atoms with Crippen molar-refractivity contribution >= 4 is 17.5 Å². The number of Topliss-reactive ketones (excluding diaryl/α,β-unsaturated/α-hetero) is 2. The van der Waals surface area contributed by atoms with Gasteiger partial charge in [0.15, 0.2) is 11.6 Å². The molecule has 0 heterocycles. The Balaban J connectivity index is 4.53. The van der Waals surface area contributed by atoms with E-state index in [1.54, 1.807) is 0 Å². The number of hydrogen-bond acceptors (Lipinski definition) is 5. The summed E-state index contributed by atoms with van der Waals surface area (Å²) < 4.78 is 0. The Morgan fingerprint density at radius 3 is 1.32 bits per heavy atom. The van der Waals surface area contributed by atoms with Crippen LogP contribution in [0.4, 0.5) is 0 Å². The standard InChI is InChI=1S/C28H55N3O3/c1-25(2,3)23(33)20(30-27(7,8)9)16-13-14-18-22(32)29-19-15-17-21(31-28(10,11)12)24(34)26(4,5)6/h20-21,30-31H,13-19H2,1-12H3,(H,29,32). The normalized spacial score (nSPS) is 15.1. The van der Waals surface area contributed by atoms with E-state index in [0.717, 1.165) is 25.7 Å². The summed E-state index contributed by atoms with van der Waals surface area (Å²) in [5.41, 5.74) is -1.09. The fourth-order valence-corrected chi connectivity index (χ4v) is 3.88. The van der Waals surface area contributed by atoms with Gasteiger partial charge in [-0.1, -0.05) is 48.0 Å². The average molecular weight is 482 g/mol. The first-order chi connectivity index (χ1) is 15.1. The van der Waals surface area contributed by atoms with E-state index in [2.05, 4.69) is 57.5 Å². The number of carbonyl (C=O) groups is 3. The molecule has 2 unspecified atom stereocenters. The van der Waals surface area contributed by atoms with Crippen molar-refractivity contribution in [2.45, 2.75) is 145 Å². The Bertz CT molecular complexity index is 602. The summed E-state index contributed by atoms with van der Waals surface area (Å²) in [6.45, 7) is 24.7. The lowest BCUT2D eigenvalue weighted by Gasteiger charge is -2.32. The maximum absolute atomic E-state index is 12.8. The van der Waals surface area contributed by atoms with Gasteiger partial charge in [-0.25, -0.2) is 0 Å². The number of ketones is 2. The van der Waals surface area contributed by atoms with Gasteiger partial charge in [0.05, 0.1) is 12.1 Å². The molecule has 0 aromatic carbocycles. The zero-order valence-corrected chi connectivity index (χ0v) is 24.3. The molecule has 34 heavy (non-hydrogen) atoms. The van der Waals surface area contributed by atoms with Gasteiger partial charge in [0.25, 0.3) is 0 Å². The predicted octanol–water partition coefficient (Wildman–Crippen LogP) is 5.19. The molecule has 0 aliphatic rings. The minimum Gasteiger partial charge on any atom is -0.356 e. The Morgan fingerprint density at radius 2 is 0.971 bits per heavy atom. The summed E-state index contributed by atoms with van der Waals surface area (Å²) in [6, 6.07) is -0.417. The van der Waals surface area contributed by atoms with Crippen molar-refractivity contribution in [1.82, 2.24) is 16.0 Å². The third kappa shape index (κ3) is 14.9. The number of rotatable bonds is 13. The average Bonchev–Trinajstić information content (AvgIpc) is 2.62. The van der Waals surface area contributed by atoms with Gasteiger partial charge in [-0.2, -0.15) is 0 Å². The maximum Gasteiger partial charge on any atom is 0.219 e. The smallest absolute Gasteiger partial charge is 0.219 e. The molecule has 0 rings (SSSR count). The maximum atomic E-state index is 12.8. The van der Waals surface area contributed by atoms with E-state index in [9.17, 15) is 14.4 Å². The highest BCUT2D eigenvalue weighted by atomic mass is 16.2. The largest absolute Gasteiger partial charge is 0.356 e. The van der Waals surface area contributed by atoms with Gasteiger partial charge in [0.1, 0.15) is 0 Å². The minimum atomic E-state index is -0.403. The summed E-state index contributed by atoms with van der Waals surface area (Å²) in [6.07, 6.45) is 4.21. The summed E-state index contributed by atoms with van der Waals surface area (Å²) >= 11 is 0. The van der Waals surface area contributed by atoms with E-state index in [-0.39, 0.29) is 40.6 Å². The van der Waals surface area contributed by atoms with Gasteiger partial charge in [-0.15, -0.1) is 0 Å². The van der Waals surface area contributed by atoms with Gasteiger partial charge >= 0.3 is 0 Å². The highest BCUT2D eigenvalue weighted by molar-refractivity contribution is 5.89. The van der Waals surface area contributed by atoms with Crippen LogP contribution >= 0.6 is 0 Å². The van der Waals surface area contributed by atoms with Crippen LogP contribution in [0.15, 0.2) is 0 Å². The molecule has 0 spiro atoms. The summed E-state index contributed by atoms with van der Waals surface area (Å²) in [7, 11) is 0. The molecule has 0 saturated heterocycles. The number of carbonyl (C=O) groups excluding carboxylic acids is 3. The highest BCUT2D eigenvalue weighted by Crippen LogP contribution is 2.22. The Labute approximate surface area is 210 Å². The van der Waals surface area contributed by atoms with Gasteiger partial charge < -0.3 is 16.0 Å². The van der Waals surface area contributed by atoms with Crippen molar-refractivity contribution in [2.24, 2.45) is 10.8 Å². The van der Waals surface area contributed by atoms with Crippen LogP contribution in [-0.2, 0) is 14.4 Å². The summed E-state index contributed by atoms with van der Waals surface area (Å²) in [4.78, 5) is 37.9. The number of nitrogens with one attached hydrogen (secondary N) is 3. The van der Waals surface area contributed by atoms with E-state index < -0.39 is 10.8 Å². The number of unbranched alkanes of at least 4 members (excludes halogenated alkanes) is 1. The van der Waals surface area contributed by atoms with E-state index in [1.165, 1.54) is 0 Å². The quantitative estimate of drug-likeness (QED) is 0.315. The molecule has 0 aliphatic carbocycles. The van der Waals surface area contributed by atoms with Gasteiger partial charge in [0, 0.05) is 34.9 Å². The summed E-state index contributed by atoms with van der Waals surface area (Å²) in [5, 5.41) is 9.89. The topological polar surface area (TPSA) is 87.3 Å². The SMILES string of the molecule is CC(C)(C)NC(CCCCC(=O)NCCCC(NC(C)(C)C)C(=O)C(C)(C)C)C(=O)C(C)(C)C. The van der Waals surface area contributed by atoms with E-state index in [0.29, 0.717) is 19.4 Å². The number of hydrogen-bond donors (Lipinski definition) is 3. The van der Waals surface area contributed by atoms with Crippen molar-refractivity contribution in [3.05, 3.63) is 0 Å². The molecule has 3 N–H and O–H groups in total. The van der Waals surface area contributed by atoms with Crippen molar-refractivity contribution in [3.63, 3.8) is 0 Å². The fraction of sp³-hybridized carbons (Fsp3) is 0.893. The van der Waals surface area contributed by atoms with Gasteiger partial charge in [0.2, 0.25) is 5.91 Å². The molecule has 200 valence electrons. The minimum absolute atomic E-state index is 0.0324. The molecule has 6 heteroatoms. The van der Waals surface area contributed by atoms with Crippen molar-refractivity contribution in [3.8, 4) is 0 Å². The molecule has 0 bridgehead atoms. The van der Waals surface area contributed by atoms with Crippen LogP contribution in [0, 0.1) is 10.8 Å². The molecule has 0 radical (unpaired) electrons. The second-order valence-electron chi connectivity index (χ2n) is 13.9. The second-order valence-corrected chi connectivity index (χ2v) is 13.9. The van der Waals surface area contributed by atoms with Gasteiger partial charge in [-0.3, -0.25) is 14.4 Å². The number of amides is 1. The zero-order chi connectivity index (χ0) is 27.0. The molecule has 0 aromatic rings. The molecular weight excluding hydrogens is 426 g/mol. The molecular formula is C28H55N3O3. The lowest BCUT2D eigenvalue weighted by molar-refractivity contribution is -0.129. The van der Waals surface area contributed by atoms with Crippen LogP contribution in [0.3, 0.4) is 0 Å². The lowest BCUT2D eigenvalue weighted by Crippen LogP contribution is -2.51. The highest BCUT2D eigenvalue weighted by Gasteiger charge is 2.32. The van der Waals surface area contributed by atoms with Crippen LogP contribution in [0.5, 0.6) is 0 Å². The molecule has 0 aromatic heterocycles. The van der Waals surface area contributed by atoms with E-state index in [1.807, 2.05) is 41.5 Å². The molecule has 0 fully saturated rings. The Morgan fingerprint density at radius 1 is 0.588 bits per heavy atom. The zero-order valence-electron chi connectivity index (χ0n) is 24.3. The molecule has 6 nitrogen and oxygen atoms in total. The second kappa shape index (κ2) is 13.2. The monoisotopic (exact) mass is 481 g/mol. The first-order valence-electron chi connectivity index (χ1n) is 13.0. The molecule has 0 aliphatic heterocycles. The first kappa shape index (κ1) is 32.7. The molecule has 1 amide bonds. The Kier molecular flexibility index (Phi) is 12.7. The first-order valence-corrected chi connectivity index (χ1v) is 13.0. The fourth-order valence-electron chi connectivity index (χ4n) is 3.88. The predicted molar refractivity (Wildman–Crippen MR) is 143 cm³/mol. The Hall–Kier alpha value is -1.27. The molecule has 0 saturated carbocycles.